The van der Waals surface area contributed by atoms with Gasteiger partial charge in [-0.3, -0.25) is 4.90 Å². The van der Waals surface area contributed by atoms with E-state index in [1.165, 1.54) is 16.7 Å². The maximum atomic E-state index is 4.59. The van der Waals surface area contributed by atoms with Crippen molar-refractivity contribution in [3.05, 3.63) is 66.4 Å². The van der Waals surface area contributed by atoms with Gasteiger partial charge in [0.05, 0.1) is 0 Å². The molecule has 150 valence electrons. The summed E-state index contributed by atoms with van der Waals surface area (Å²) in [5.74, 6) is 1.44. The summed E-state index contributed by atoms with van der Waals surface area (Å²) in [6.07, 6.45) is 2.87. The second-order valence-corrected chi connectivity index (χ2v) is 7.40. The zero-order chi connectivity index (χ0) is 19.9. The molecule has 0 radical (unpaired) electrons. The van der Waals surface area contributed by atoms with E-state index in [1.54, 1.807) is 6.20 Å². The lowest BCUT2D eigenvalue weighted by atomic mass is 10.0. The van der Waals surface area contributed by atoms with Crippen LogP contribution >= 0.6 is 0 Å². The molecule has 4 rings (SSSR count). The third-order valence-electron chi connectivity index (χ3n) is 5.02. The highest BCUT2D eigenvalue weighted by atomic mass is 15.3. The number of anilines is 3. The van der Waals surface area contributed by atoms with Crippen molar-refractivity contribution >= 4 is 17.5 Å². The highest BCUT2D eigenvalue weighted by Crippen LogP contribution is 2.24. The lowest BCUT2D eigenvalue weighted by Crippen LogP contribution is -2.24. The van der Waals surface area contributed by atoms with E-state index >= 15 is 0 Å². The Kier molecular flexibility index (Phi) is 6.34. The number of nitrogens with zero attached hydrogens (tertiary/aromatic N) is 3. The Morgan fingerprint density at radius 1 is 1.07 bits per heavy atom. The number of benzene rings is 2. The molecular weight excluding hydrogens is 360 g/mol. The Morgan fingerprint density at radius 2 is 1.93 bits per heavy atom. The summed E-state index contributed by atoms with van der Waals surface area (Å²) in [5, 5.41) is 10.1. The Labute approximate surface area is 172 Å². The van der Waals surface area contributed by atoms with Gasteiger partial charge in [-0.25, -0.2) is 4.98 Å². The first-order valence-electron chi connectivity index (χ1n) is 10.2. The molecule has 0 bridgehead atoms. The fraction of sp³-hybridized carbons (Fsp3) is 0.304. The van der Waals surface area contributed by atoms with Crippen LogP contribution in [0.15, 0.2) is 60.8 Å². The van der Waals surface area contributed by atoms with Gasteiger partial charge in [0, 0.05) is 44.7 Å². The SMILES string of the molecule is Cc1cccc(-c2cccc(Nc3nccc(NCCCN4CCNC4)n3)c2)c1. The molecule has 0 amide bonds. The number of aromatic nitrogens is 2. The molecule has 2 aromatic carbocycles. The topological polar surface area (TPSA) is 65.1 Å². The number of rotatable bonds is 8. The van der Waals surface area contributed by atoms with Crippen molar-refractivity contribution < 1.29 is 0 Å². The minimum atomic E-state index is 0.597. The number of nitrogens with one attached hydrogen (secondary N) is 3. The molecule has 1 fully saturated rings. The maximum absolute atomic E-state index is 4.59. The van der Waals surface area contributed by atoms with Crippen molar-refractivity contribution in [2.45, 2.75) is 13.3 Å². The minimum Gasteiger partial charge on any atom is -0.370 e. The lowest BCUT2D eigenvalue weighted by Gasteiger charge is -2.14. The average Bonchev–Trinajstić information content (AvgIpc) is 3.25. The molecule has 0 aliphatic carbocycles. The molecule has 0 spiro atoms. The summed E-state index contributed by atoms with van der Waals surface area (Å²) in [4.78, 5) is 11.4. The van der Waals surface area contributed by atoms with Gasteiger partial charge in [-0.05, 0) is 42.7 Å². The lowest BCUT2D eigenvalue weighted by molar-refractivity contribution is 0.333. The Bertz CT molecular complexity index is 936. The number of hydrogen-bond acceptors (Lipinski definition) is 6. The first kappa shape index (κ1) is 19.4. The fourth-order valence-electron chi connectivity index (χ4n) is 3.51. The third kappa shape index (κ3) is 5.53. The molecule has 1 aromatic heterocycles. The first-order valence-corrected chi connectivity index (χ1v) is 10.2. The van der Waals surface area contributed by atoms with E-state index < -0.39 is 0 Å². The van der Waals surface area contributed by atoms with Gasteiger partial charge in [-0.1, -0.05) is 42.0 Å². The molecule has 1 aliphatic heterocycles. The summed E-state index contributed by atoms with van der Waals surface area (Å²) in [5.41, 5.74) is 4.61. The van der Waals surface area contributed by atoms with Crippen molar-refractivity contribution in [2.75, 3.05) is 43.5 Å². The highest BCUT2D eigenvalue weighted by Gasteiger charge is 2.09. The highest BCUT2D eigenvalue weighted by molar-refractivity contribution is 5.70. The van der Waals surface area contributed by atoms with Gasteiger partial charge < -0.3 is 16.0 Å². The predicted molar refractivity (Wildman–Crippen MR) is 119 cm³/mol. The van der Waals surface area contributed by atoms with E-state index in [0.717, 1.165) is 50.8 Å². The van der Waals surface area contributed by atoms with Crippen molar-refractivity contribution in [1.82, 2.24) is 20.2 Å². The van der Waals surface area contributed by atoms with Crippen LogP contribution in [-0.4, -0.2) is 47.7 Å². The van der Waals surface area contributed by atoms with Crippen molar-refractivity contribution in [2.24, 2.45) is 0 Å². The molecule has 0 atom stereocenters. The molecular formula is C23H28N6. The molecule has 6 heteroatoms. The Hall–Kier alpha value is -2.96. The van der Waals surface area contributed by atoms with Crippen LogP contribution in [0.5, 0.6) is 0 Å². The second-order valence-electron chi connectivity index (χ2n) is 7.40. The van der Waals surface area contributed by atoms with Gasteiger partial charge in [0.1, 0.15) is 5.82 Å². The minimum absolute atomic E-state index is 0.597. The standard InChI is InChI=1S/C23H28N6/c1-18-5-2-6-19(15-18)20-7-3-8-21(16-20)27-23-26-11-9-22(28-23)25-10-4-13-29-14-12-24-17-29/h2-3,5-9,11,15-16,24H,4,10,12-14,17H2,1H3,(H2,25,26,27,28). The van der Waals surface area contributed by atoms with E-state index in [9.17, 15) is 0 Å². The van der Waals surface area contributed by atoms with Gasteiger partial charge in [-0.15, -0.1) is 0 Å². The van der Waals surface area contributed by atoms with Crippen LogP contribution < -0.4 is 16.0 Å². The fourth-order valence-corrected chi connectivity index (χ4v) is 3.51. The maximum Gasteiger partial charge on any atom is 0.229 e. The van der Waals surface area contributed by atoms with Gasteiger partial charge in [0.25, 0.3) is 0 Å². The summed E-state index contributed by atoms with van der Waals surface area (Å²) in [6, 6.07) is 18.8. The zero-order valence-corrected chi connectivity index (χ0v) is 16.9. The van der Waals surface area contributed by atoms with Gasteiger partial charge >= 0.3 is 0 Å². The Morgan fingerprint density at radius 3 is 2.76 bits per heavy atom. The van der Waals surface area contributed by atoms with Crippen molar-refractivity contribution in [1.29, 1.82) is 0 Å². The van der Waals surface area contributed by atoms with Gasteiger partial charge in [-0.2, -0.15) is 4.98 Å². The average molecular weight is 389 g/mol. The molecule has 2 heterocycles. The summed E-state index contributed by atoms with van der Waals surface area (Å²) >= 11 is 0. The molecule has 0 unspecified atom stereocenters. The van der Waals surface area contributed by atoms with Crippen LogP contribution in [0.25, 0.3) is 11.1 Å². The van der Waals surface area contributed by atoms with Crippen molar-refractivity contribution in [3.8, 4) is 11.1 Å². The van der Waals surface area contributed by atoms with Gasteiger partial charge in [0.2, 0.25) is 5.95 Å². The molecule has 0 saturated carbocycles. The van der Waals surface area contributed by atoms with E-state index in [0.29, 0.717) is 5.95 Å². The molecule has 1 aliphatic rings. The van der Waals surface area contributed by atoms with Crippen molar-refractivity contribution in [3.63, 3.8) is 0 Å². The quantitative estimate of drug-likeness (QED) is 0.509. The molecule has 3 N–H and O–H groups in total. The number of hydrogen-bond donors (Lipinski definition) is 3. The second kappa shape index (κ2) is 9.49. The van der Waals surface area contributed by atoms with Crippen LogP contribution in [0.2, 0.25) is 0 Å². The molecule has 6 nitrogen and oxygen atoms in total. The Balaban J connectivity index is 1.35. The molecule has 29 heavy (non-hydrogen) atoms. The number of aryl methyl sites for hydroxylation is 1. The van der Waals surface area contributed by atoms with Crippen LogP contribution in [0, 0.1) is 6.92 Å². The van der Waals surface area contributed by atoms with E-state index in [1.807, 2.05) is 12.1 Å². The van der Waals surface area contributed by atoms with E-state index in [4.69, 9.17) is 0 Å². The zero-order valence-electron chi connectivity index (χ0n) is 16.9. The van der Waals surface area contributed by atoms with Crippen LogP contribution in [-0.2, 0) is 0 Å². The van der Waals surface area contributed by atoms with E-state index in [-0.39, 0.29) is 0 Å². The first-order chi connectivity index (χ1) is 14.3. The van der Waals surface area contributed by atoms with Gasteiger partial charge in [0.15, 0.2) is 0 Å². The predicted octanol–water partition coefficient (Wildman–Crippen LogP) is 3.86. The summed E-state index contributed by atoms with van der Waals surface area (Å²) < 4.78 is 0. The molecule has 3 aromatic rings. The monoisotopic (exact) mass is 388 g/mol. The largest absolute Gasteiger partial charge is 0.370 e. The molecule has 1 saturated heterocycles. The summed E-state index contributed by atoms with van der Waals surface area (Å²) in [7, 11) is 0. The third-order valence-corrected chi connectivity index (χ3v) is 5.02. The van der Waals surface area contributed by atoms with E-state index in [2.05, 4.69) is 80.2 Å². The normalized spacial score (nSPS) is 14.1. The van der Waals surface area contributed by atoms with Crippen LogP contribution in [0.1, 0.15) is 12.0 Å². The summed E-state index contributed by atoms with van der Waals surface area (Å²) in [6.45, 7) is 7.35. The van der Waals surface area contributed by atoms with Crippen LogP contribution in [0.3, 0.4) is 0 Å². The smallest absolute Gasteiger partial charge is 0.229 e. The van der Waals surface area contributed by atoms with Crippen LogP contribution in [0.4, 0.5) is 17.5 Å².